The van der Waals surface area contributed by atoms with Crippen LogP contribution in [-0.2, 0) is 9.53 Å². The Labute approximate surface area is 169 Å². The topological polar surface area (TPSA) is 129 Å². The molecule has 0 fully saturated rings. The number of anilines is 1. The number of likely N-dealkylation sites (N-methyl/N-ethyl adjacent to an activating group) is 1. The first-order valence-corrected chi connectivity index (χ1v) is 9.41. The second-order valence-electron chi connectivity index (χ2n) is 6.31. The number of benzene rings is 2. The van der Waals surface area contributed by atoms with Crippen molar-refractivity contribution in [1.82, 2.24) is 9.88 Å². The van der Waals surface area contributed by atoms with Gasteiger partial charge in [0.25, 0.3) is 11.6 Å². The number of para-hydroxylation sites is 1. The third-order valence-corrected chi connectivity index (χ3v) is 5.64. The molecule has 0 aliphatic carbocycles. The van der Waals surface area contributed by atoms with Crippen LogP contribution in [0.1, 0.15) is 28.3 Å². The Bertz CT molecular complexity index is 1060. The number of fused-ring (bicyclic) bond motifs is 1. The fraction of sp³-hybridized carbons (Fsp3) is 0.211. The lowest BCUT2D eigenvalue weighted by Crippen LogP contribution is -2.33. The second-order valence-corrected chi connectivity index (χ2v) is 7.37. The van der Waals surface area contributed by atoms with E-state index in [-0.39, 0.29) is 17.3 Å². The number of esters is 1. The number of thiazole rings is 1. The highest BCUT2D eigenvalue weighted by molar-refractivity contribution is 7.18. The number of nitrogens with zero attached hydrogens (tertiary/aromatic N) is 3. The summed E-state index contributed by atoms with van der Waals surface area (Å²) in [6, 6.07) is 10.9. The fourth-order valence-electron chi connectivity index (χ4n) is 2.59. The van der Waals surface area contributed by atoms with Crippen LogP contribution in [0.5, 0.6) is 0 Å². The quantitative estimate of drug-likeness (QED) is 0.284. The van der Waals surface area contributed by atoms with Crippen LogP contribution in [-0.4, -0.2) is 40.3 Å². The molecule has 150 valence electrons. The lowest BCUT2D eigenvalue weighted by atomic mass is 10.2. The summed E-state index contributed by atoms with van der Waals surface area (Å²) < 4.78 is 6.04. The van der Waals surface area contributed by atoms with Crippen molar-refractivity contribution in [2.45, 2.75) is 13.0 Å². The average Bonchev–Trinajstić information content (AvgIpc) is 3.15. The minimum Gasteiger partial charge on any atom is -0.452 e. The normalized spacial score (nSPS) is 11.8. The number of amides is 1. The standard InChI is InChI=1S/C19H18N4O5S/c1-11(18-21-14-5-3-4-6-16(14)29-18)22(2)17(24)10-28-19(25)12-7-8-13(20)15(9-12)23(26)27/h3-9,11H,10,20H2,1-2H3/t11-/m0/s1. The monoisotopic (exact) mass is 414 g/mol. The van der Waals surface area contributed by atoms with Gasteiger partial charge in [0.15, 0.2) is 6.61 Å². The molecular weight excluding hydrogens is 396 g/mol. The smallest absolute Gasteiger partial charge is 0.338 e. The number of carbonyl (C=O) groups is 2. The number of hydrogen-bond acceptors (Lipinski definition) is 8. The third-order valence-electron chi connectivity index (χ3n) is 4.43. The first-order chi connectivity index (χ1) is 13.8. The van der Waals surface area contributed by atoms with Crippen molar-refractivity contribution in [2.75, 3.05) is 19.4 Å². The molecule has 2 N–H and O–H groups in total. The summed E-state index contributed by atoms with van der Waals surface area (Å²) in [5, 5.41) is 11.7. The molecule has 0 radical (unpaired) electrons. The summed E-state index contributed by atoms with van der Waals surface area (Å²) in [6.07, 6.45) is 0. The lowest BCUT2D eigenvalue weighted by Gasteiger charge is -2.23. The van der Waals surface area contributed by atoms with Gasteiger partial charge in [-0.15, -0.1) is 11.3 Å². The van der Waals surface area contributed by atoms with E-state index in [4.69, 9.17) is 10.5 Å². The summed E-state index contributed by atoms with van der Waals surface area (Å²) in [7, 11) is 1.60. The fourth-order valence-corrected chi connectivity index (χ4v) is 3.65. The van der Waals surface area contributed by atoms with Crippen molar-refractivity contribution in [2.24, 2.45) is 0 Å². The molecule has 3 aromatic rings. The van der Waals surface area contributed by atoms with E-state index in [0.29, 0.717) is 0 Å². The van der Waals surface area contributed by atoms with Gasteiger partial charge in [-0.3, -0.25) is 14.9 Å². The van der Waals surface area contributed by atoms with Crippen molar-refractivity contribution >= 4 is 44.8 Å². The highest BCUT2D eigenvalue weighted by Gasteiger charge is 2.23. The number of rotatable bonds is 6. The minimum absolute atomic E-state index is 0.0550. The van der Waals surface area contributed by atoms with Gasteiger partial charge in [0.1, 0.15) is 10.7 Å². The van der Waals surface area contributed by atoms with E-state index in [1.165, 1.54) is 28.4 Å². The lowest BCUT2D eigenvalue weighted by molar-refractivity contribution is -0.383. The number of aromatic nitrogens is 1. The van der Waals surface area contributed by atoms with Crippen molar-refractivity contribution in [3.8, 4) is 0 Å². The number of nitro groups is 1. The number of nitrogen functional groups attached to an aromatic ring is 1. The van der Waals surface area contributed by atoms with Gasteiger partial charge in [0.05, 0.1) is 26.7 Å². The van der Waals surface area contributed by atoms with Crippen molar-refractivity contribution in [3.05, 3.63) is 63.1 Å². The van der Waals surface area contributed by atoms with E-state index in [1.807, 2.05) is 31.2 Å². The molecule has 9 nitrogen and oxygen atoms in total. The van der Waals surface area contributed by atoms with Gasteiger partial charge >= 0.3 is 5.97 Å². The Hall–Kier alpha value is -3.53. The van der Waals surface area contributed by atoms with Crippen LogP contribution in [0.4, 0.5) is 11.4 Å². The molecule has 29 heavy (non-hydrogen) atoms. The summed E-state index contributed by atoms with van der Waals surface area (Å²) in [6.45, 7) is 1.34. The summed E-state index contributed by atoms with van der Waals surface area (Å²) in [5.41, 5.74) is 5.85. The maximum Gasteiger partial charge on any atom is 0.338 e. The Balaban J connectivity index is 1.64. The van der Waals surface area contributed by atoms with Gasteiger partial charge in [0.2, 0.25) is 0 Å². The average molecular weight is 414 g/mol. The first kappa shape index (κ1) is 20.2. The van der Waals surface area contributed by atoms with Gasteiger partial charge in [-0.25, -0.2) is 9.78 Å². The second kappa shape index (κ2) is 8.23. The first-order valence-electron chi connectivity index (χ1n) is 8.60. The van der Waals surface area contributed by atoms with Gasteiger partial charge in [-0.2, -0.15) is 0 Å². The number of hydrogen-bond donors (Lipinski definition) is 1. The van der Waals surface area contributed by atoms with Gasteiger partial charge < -0.3 is 15.4 Å². The molecule has 1 atom stereocenters. The summed E-state index contributed by atoms with van der Waals surface area (Å²) in [4.78, 5) is 40.8. The van der Waals surface area contributed by atoms with Crippen LogP contribution in [0.15, 0.2) is 42.5 Å². The van der Waals surface area contributed by atoms with E-state index in [1.54, 1.807) is 7.05 Å². The SMILES string of the molecule is C[C@@H](c1nc2ccccc2s1)N(C)C(=O)COC(=O)c1ccc(N)c([N+](=O)[O-])c1. The zero-order valence-corrected chi connectivity index (χ0v) is 16.5. The highest BCUT2D eigenvalue weighted by Crippen LogP contribution is 2.29. The zero-order chi connectivity index (χ0) is 21.1. The van der Waals surface area contributed by atoms with Crippen LogP contribution in [0.3, 0.4) is 0 Å². The number of ether oxygens (including phenoxy) is 1. The maximum absolute atomic E-state index is 12.4. The van der Waals surface area contributed by atoms with Gasteiger partial charge in [-0.05, 0) is 31.2 Å². The van der Waals surface area contributed by atoms with E-state index in [9.17, 15) is 19.7 Å². The van der Waals surface area contributed by atoms with Crippen LogP contribution in [0.25, 0.3) is 10.2 Å². The van der Waals surface area contributed by atoms with E-state index >= 15 is 0 Å². The molecule has 10 heteroatoms. The Morgan fingerprint density at radius 3 is 2.72 bits per heavy atom. The van der Waals surface area contributed by atoms with Crippen LogP contribution in [0.2, 0.25) is 0 Å². The van der Waals surface area contributed by atoms with Crippen molar-refractivity contribution in [3.63, 3.8) is 0 Å². The van der Waals surface area contributed by atoms with Crippen LogP contribution >= 0.6 is 11.3 Å². The number of nitrogens with two attached hydrogens (primary N) is 1. The van der Waals surface area contributed by atoms with Crippen LogP contribution < -0.4 is 5.73 Å². The predicted molar refractivity (Wildman–Crippen MR) is 109 cm³/mol. The Kier molecular flexibility index (Phi) is 5.74. The zero-order valence-electron chi connectivity index (χ0n) is 15.7. The minimum atomic E-state index is -0.845. The molecule has 0 aliphatic rings. The summed E-state index contributed by atoms with van der Waals surface area (Å²) >= 11 is 1.49. The highest BCUT2D eigenvalue weighted by atomic mass is 32.1. The predicted octanol–water partition coefficient (Wildman–Crippen LogP) is 3.16. The van der Waals surface area contributed by atoms with Gasteiger partial charge in [0, 0.05) is 13.1 Å². The van der Waals surface area contributed by atoms with E-state index in [2.05, 4.69) is 4.98 Å². The molecule has 0 bridgehead atoms. The van der Waals surface area contributed by atoms with Crippen molar-refractivity contribution < 1.29 is 19.2 Å². The van der Waals surface area contributed by atoms with Crippen LogP contribution in [0, 0.1) is 10.1 Å². The largest absolute Gasteiger partial charge is 0.452 e. The molecule has 1 heterocycles. The third kappa shape index (κ3) is 4.32. The molecular formula is C19H18N4O5S. The molecule has 3 rings (SSSR count). The van der Waals surface area contributed by atoms with E-state index in [0.717, 1.165) is 21.3 Å². The van der Waals surface area contributed by atoms with E-state index < -0.39 is 29.1 Å². The molecule has 0 aliphatic heterocycles. The maximum atomic E-state index is 12.4. The molecule has 0 saturated carbocycles. The molecule has 0 saturated heterocycles. The number of carbonyl (C=O) groups excluding carboxylic acids is 2. The molecule has 1 aromatic heterocycles. The van der Waals surface area contributed by atoms with Gasteiger partial charge in [-0.1, -0.05) is 12.1 Å². The molecule has 2 aromatic carbocycles. The molecule has 1 amide bonds. The number of nitro benzene ring substituents is 1. The van der Waals surface area contributed by atoms with Crippen molar-refractivity contribution in [1.29, 1.82) is 0 Å². The Morgan fingerprint density at radius 2 is 2.03 bits per heavy atom. The molecule has 0 unspecified atom stereocenters. The Morgan fingerprint density at radius 1 is 1.31 bits per heavy atom. The summed E-state index contributed by atoms with van der Waals surface area (Å²) in [5.74, 6) is -1.27. The molecule has 0 spiro atoms.